The number of hydrazine groups is 1. The number of carbonyl (C=O) groups excluding carboxylic acids is 4. The van der Waals surface area contributed by atoms with Crippen LogP contribution in [0.4, 0.5) is 11.4 Å². The van der Waals surface area contributed by atoms with E-state index in [0.717, 1.165) is 16.1 Å². The van der Waals surface area contributed by atoms with Crippen molar-refractivity contribution in [2.75, 3.05) is 17.4 Å². The van der Waals surface area contributed by atoms with E-state index in [1.54, 1.807) is 80.8 Å². The molecule has 0 radical (unpaired) electrons. The number of anilines is 2. The molecule has 0 aromatic heterocycles. The third-order valence-electron chi connectivity index (χ3n) is 11.5. The molecule has 2 N–H and O–H groups in total. The molecule has 9 nitrogen and oxygen atoms in total. The highest BCUT2D eigenvalue weighted by Gasteiger charge is 2.70. The molecule has 2 aliphatic carbocycles. The van der Waals surface area contributed by atoms with Crippen LogP contribution in [-0.4, -0.2) is 40.9 Å². The number of hydrogen-bond acceptors (Lipinski definition) is 7. The summed E-state index contributed by atoms with van der Waals surface area (Å²) in [5.41, 5.74) is 5.63. The summed E-state index contributed by atoms with van der Waals surface area (Å²) in [5, 5.41) is 12.7. The van der Waals surface area contributed by atoms with Gasteiger partial charge in [0.25, 0.3) is 11.8 Å². The first-order valence-electron chi connectivity index (χ1n) is 17.2. The number of amides is 4. The zero-order valence-electron chi connectivity index (χ0n) is 28.9. The van der Waals surface area contributed by atoms with E-state index < -0.39 is 46.8 Å². The number of benzene rings is 4. The Balaban J connectivity index is 1.33. The van der Waals surface area contributed by atoms with Crippen LogP contribution in [0.1, 0.15) is 41.0 Å². The quantitative estimate of drug-likeness (QED) is 0.150. The normalized spacial score (nSPS) is 26.3. The number of nitrogens with one attached hydrogen (secondary N) is 1. The molecule has 1 saturated carbocycles. The number of phenols is 1. The van der Waals surface area contributed by atoms with Crippen LogP contribution < -0.4 is 15.1 Å². The minimum Gasteiger partial charge on any atom is -0.508 e. The molecule has 53 heavy (non-hydrogen) atoms. The number of fused-ring (bicyclic) bond motifs is 4. The summed E-state index contributed by atoms with van der Waals surface area (Å²) in [7, 11) is 1.55. The number of allylic oxidation sites excluding steroid dienone is 2. The zero-order chi connectivity index (χ0) is 37.5. The van der Waals surface area contributed by atoms with Crippen molar-refractivity contribution in [1.29, 1.82) is 0 Å². The van der Waals surface area contributed by atoms with Gasteiger partial charge >= 0.3 is 0 Å². The van der Waals surface area contributed by atoms with Crippen molar-refractivity contribution in [2.24, 2.45) is 23.7 Å². The molecule has 6 atom stereocenters. The number of nitrogens with zero attached hydrogens (tertiary/aromatic N) is 2. The van der Waals surface area contributed by atoms with Gasteiger partial charge in [0, 0.05) is 16.0 Å². The summed E-state index contributed by atoms with van der Waals surface area (Å²) in [6.07, 6.45) is 2.37. The first-order chi connectivity index (χ1) is 25.4. The van der Waals surface area contributed by atoms with Crippen LogP contribution in [0.25, 0.3) is 0 Å². The van der Waals surface area contributed by atoms with E-state index in [-0.39, 0.29) is 35.4 Å². The molecule has 4 aliphatic rings. The van der Waals surface area contributed by atoms with Crippen LogP contribution >= 0.6 is 34.8 Å². The molecule has 2 heterocycles. The van der Waals surface area contributed by atoms with Crippen molar-refractivity contribution >= 4 is 69.8 Å². The summed E-state index contributed by atoms with van der Waals surface area (Å²) < 4.78 is 5.47. The molecule has 270 valence electrons. The van der Waals surface area contributed by atoms with Crippen molar-refractivity contribution < 1.29 is 29.0 Å². The molecule has 12 heteroatoms. The number of rotatable bonds is 6. The molecule has 0 bridgehead atoms. The van der Waals surface area contributed by atoms with Crippen molar-refractivity contribution in [3.05, 3.63) is 128 Å². The van der Waals surface area contributed by atoms with Gasteiger partial charge in [-0.3, -0.25) is 24.6 Å². The Hall–Kier alpha value is -4.83. The number of aromatic hydroxyl groups is 1. The number of hydrogen-bond donors (Lipinski definition) is 2. The Morgan fingerprint density at radius 2 is 1.57 bits per heavy atom. The maximum atomic E-state index is 15.4. The Morgan fingerprint density at radius 3 is 2.25 bits per heavy atom. The fourth-order valence-electron chi connectivity index (χ4n) is 9.05. The summed E-state index contributed by atoms with van der Waals surface area (Å²) in [4.78, 5) is 60.2. The standard InChI is InChI=1S/C41H34Cl3N3O6/c1-20-4-9-25(18-31(20)43)46-37(49)28-13-12-27-29(35(28)39(46)51)19-30-38(50)47(45-33-14-8-24(42)17-32(33)44)40(52)41(30,23-6-10-26(53-3)11-7-23)36(27)22-5-15-34(48)21(2)16-22/h4-12,14-18,28-30,35-36,45,48H,13,19H2,1-3H3. The van der Waals surface area contributed by atoms with Crippen molar-refractivity contribution in [1.82, 2.24) is 5.01 Å². The van der Waals surface area contributed by atoms with Gasteiger partial charge < -0.3 is 9.84 Å². The molecular weight excluding hydrogens is 737 g/mol. The predicted octanol–water partition coefficient (Wildman–Crippen LogP) is 8.17. The summed E-state index contributed by atoms with van der Waals surface area (Å²) in [6, 6.07) is 22.1. The van der Waals surface area contributed by atoms with Gasteiger partial charge in [-0.25, -0.2) is 4.90 Å². The first kappa shape index (κ1) is 35.2. The molecular formula is C41H34Cl3N3O6. The molecule has 4 aromatic rings. The molecule has 4 amide bonds. The molecule has 2 aliphatic heterocycles. The molecule has 2 saturated heterocycles. The Morgan fingerprint density at radius 1 is 0.811 bits per heavy atom. The highest BCUT2D eigenvalue weighted by molar-refractivity contribution is 6.36. The number of carbonyl (C=O) groups is 4. The number of imide groups is 2. The number of methoxy groups -OCH3 is 1. The van der Waals surface area contributed by atoms with E-state index in [4.69, 9.17) is 39.5 Å². The third kappa shape index (κ3) is 5.27. The third-order valence-corrected chi connectivity index (χ3v) is 12.5. The average molecular weight is 771 g/mol. The first-order valence-corrected chi connectivity index (χ1v) is 18.4. The van der Waals surface area contributed by atoms with Crippen LogP contribution in [0, 0.1) is 37.5 Å². The molecule has 3 fully saturated rings. The molecule has 0 spiro atoms. The SMILES string of the molecule is COc1ccc(C23C(=O)N(Nc4ccc(Cl)cc4Cl)C(=O)C2CC2C(=CCC4C(=O)N(c5ccc(C)c(Cl)c5)C(=O)C42)C3c2ccc(O)c(C)c2)cc1. The Labute approximate surface area is 321 Å². The fraction of sp³-hybridized carbons (Fsp3) is 0.268. The smallest absolute Gasteiger partial charge is 0.260 e. The number of phenolic OH excluding ortho intramolecular Hbond substituents is 1. The zero-order valence-corrected chi connectivity index (χ0v) is 31.2. The van der Waals surface area contributed by atoms with Gasteiger partial charge in [-0.1, -0.05) is 76.8 Å². The second-order valence-electron chi connectivity index (χ2n) is 14.2. The van der Waals surface area contributed by atoms with Gasteiger partial charge in [0.05, 0.1) is 46.7 Å². The Kier molecular flexibility index (Phi) is 8.59. The topological polar surface area (TPSA) is 116 Å². The second kappa shape index (κ2) is 12.9. The van der Waals surface area contributed by atoms with E-state index >= 15 is 4.79 Å². The van der Waals surface area contributed by atoms with E-state index in [2.05, 4.69) is 5.43 Å². The van der Waals surface area contributed by atoms with Crippen LogP contribution in [0.15, 0.2) is 90.5 Å². The highest BCUT2D eigenvalue weighted by atomic mass is 35.5. The summed E-state index contributed by atoms with van der Waals surface area (Å²) >= 11 is 19.2. The molecule has 6 unspecified atom stereocenters. The van der Waals surface area contributed by atoms with Gasteiger partial charge in [-0.2, -0.15) is 5.01 Å². The monoisotopic (exact) mass is 769 g/mol. The summed E-state index contributed by atoms with van der Waals surface area (Å²) in [5.74, 6) is -4.82. The van der Waals surface area contributed by atoms with Gasteiger partial charge in [-0.05, 0) is 103 Å². The van der Waals surface area contributed by atoms with Crippen LogP contribution in [0.2, 0.25) is 15.1 Å². The van der Waals surface area contributed by atoms with E-state index in [1.807, 2.05) is 19.1 Å². The fourth-order valence-corrected chi connectivity index (χ4v) is 9.68. The van der Waals surface area contributed by atoms with E-state index in [1.165, 1.54) is 11.0 Å². The largest absolute Gasteiger partial charge is 0.508 e. The van der Waals surface area contributed by atoms with Gasteiger partial charge in [0.1, 0.15) is 11.5 Å². The van der Waals surface area contributed by atoms with Crippen molar-refractivity contribution in [3.63, 3.8) is 0 Å². The average Bonchev–Trinajstić information content (AvgIpc) is 3.52. The van der Waals surface area contributed by atoms with Gasteiger partial charge in [0.15, 0.2) is 0 Å². The Bertz CT molecular complexity index is 2280. The maximum absolute atomic E-state index is 15.4. The van der Waals surface area contributed by atoms with Gasteiger partial charge in [0.2, 0.25) is 11.8 Å². The van der Waals surface area contributed by atoms with Crippen LogP contribution in [0.3, 0.4) is 0 Å². The number of halogens is 3. The van der Waals surface area contributed by atoms with E-state index in [0.29, 0.717) is 43.9 Å². The lowest BCUT2D eigenvalue weighted by molar-refractivity contribution is -0.138. The van der Waals surface area contributed by atoms with Crippen LogP contribution in [0.5, 0.6) is 11.5 Å². The van der Waals surface area contributed by atoms with Gasteiger partial charge in [-0.15, -0.1) is 0 Å². The molecule has 8 rings (SSSR count). The number of aryl methyl sites for hydroxylation is 2. The van der Waals surface area contributed by atoms with Crippen LogP contribution in [-0.2, 0) is 24.6 Å². The lowest BCUT2D eigenvalue weighted by Crippen LogP contribution is -2.53. The predicted molar refractivity (Wildman–Crippen MR) is 202 cm³/mol. The van der Waals surface area contributed by atoms with Crippen molar-refractivity contribution in [2.45, 2.75) is 38.0 Å². The lowest BCUT2D eigenvalue weighted by Gasteiger charge is -2.50. The summed E-state index contributed by atoms with van der Waals surface area (Å²) in [6.45, 7) is 3.61. The minimum absolute atomic E-state index is 0.0762. The second-order valence-corrected chi connectivity index (χ2v) is 15.5. The highest BCUT2D eigenvalue weighted by Crippen LogP contribution is 2.64. The maximum Gasteiger partial charge on any atom is 0.260 e. The lowest BCUT2D eigenvalue weighted by atomic mass is 9.49. The van der Waals surface area contributed by atoms with Crippen molar-refractivity contribution in [3.8, 4) is 11.5 Å². The molecule has 4 aromatic carbocycles. The number of ether oxygens (including phenoxy) is 1. The van der Waals surface area contributed by atoms with E-state index in [9.17, 15) is 19.5 Å². The minimum atomic E-state index is -1.51.